The Balaban J connectivity index is 1.90. The van der Waals surface area contributed by atoms with E-state index in [1.807, 2.05) is 0 Å². The lowest BCUT2D eigenvalue weighted by Gasteiger charge is -2.07. The molecule has 0 saturated heterocycles. The lowest BCUT2D eigenvalue weighted by atomic mass is 10.2. The highest BCUT2D eigenvalue weighted by Crippen LogP contribution is 2.38. The molecule has 28 heavy (non-hydrogen) atoms. The Morgan fingerprint density at radius 1 is 1.18 bits per heavy atom. The van der Waals surface area contributed by atoms with Crippen LogP contribution in [-0.2, 0) is 12.7 Å². The second-order valence-corrected chi connectivity index (χ2v) is 6.74. The Hall–Kier alpha value is -2.94. The van der Waals surface area contributed by atoms with Crippen LogP contribution in [0.4, 0.5) is 17.6 Å². The highest BCUT2D eigenvalue weighted by Gasteiger charge is 2.39. The molecule has 1 amide bonds. The van der Waals surface area contributed by atoms with E-state index in [4.69, 9.17) is 4.74 Å². The van der Waals surface area contributed by atoms with Gasteiger partial charge in [-0.15, -0.1) is 11.3 Å². The maximum Gasteiger partial charge on any atom is 0.435 e. The second kappa shape index (κ2) is 7.97. The first-order valence-electron chi connectivity index (χ1n) is 8.03. The van der Waals surface area contributed by atoms with Crippen LogP contribution in [0.25, 0.3) is 10.6 Å². The van der Waals surface area contributed by atoms with E-state index in [0.29, 0.717) is 28.2 Å². The van der Waals surface area contributed by atoms with E-state index >= 15 is 0 Å². The first kappa shape index (κ1) is 19.8. The maximum absolute atomic E-state index is 13.4. The zero-order valence-electron chi connectivity index (χ0n) is 14.5. The fourth-order valence-electron chi connectivity index (χ4n) is 2.46. The van der Waals surface area contributed by atoms with Crippen LogP contribution in [0.1, 0.15) is 20.9 Å². The number of carbonyl (C=O) groups excluding carboxylic acids is 1. The number of amides is 1. The number of ether oxygens (including phenoxy) is 1. The molecule has 0 fully saturated rings. The van der Waals surface area contributed by atoms with Crippen LogP contribution in [0.15, 0.2) is 48.5 Å². The summed E-state index contributed by atoms with van der Waals surface area (Å²) in [5.41, 5.74) is -0.425. The highest BCUT2D eigenvalue weighted by atomic mass is 32.1. The van der Waals surface area contributed by atoms with Crippen LogP contribution < -0.4 is 10.1 Å². The molecule has 0 atom stereocenters. The standard InChI is InChI=1S/C19H14F4N2O2S/c1-27-14-7-3-5-12(9-14)18-25-16(19(21,22)23)15(28-18)17(26)24-10-11-4-2-6-13(20)8-11/h2-9H,10H2,1H3,(H,24,26). The molecule has 0 radical (unpaired) electrons. The minimum Gasteiger partial charge on any atom is -0.497 e. The normalized spacial score (nSPS) is 11.3. The van der Waals surface area contributed by atoms with Gasteiger partial charge in [0, 0.05) is 12.1 Å². The zero-order valence-corrected chi connectivity index (χ0v) is 15.3. The quantitative estimate of drug-likeness (QED) is 0.609. The van der Waals surface area contributed by atoms with Gasteiger partial charge in [-0.05, 0) is 29.8 Å². The highest BCUT2D eigenvalue weighted by molar-refractivity contribution is 7.17. The number of nitrogens with zero attached hydrogens (tertiary/aromatic N) is 1. The molecular weight excluding hydrogens is 396 g/mol. The van der Waals surface area contributed by atoms with Crippen LogP contribution in [0.5, 0.6) is 5.75 Å². The Morgan fingerprint density at radius 2 is 1.93 bits per heavy atom. The fraction of sp³-hybridized carbons (Fsp3) is 0.158. The van der Waals surface area contributed by atoms with Gasteiger partial charge in [-0.3, -0.25) is 4.79 Å². The Bertz CT molecular complexity index is 1000. The molecular formula is C19H14F4N2O2S. The second-order valence-electron chi connectivity index (χ2n) is 5.74. The van der Waals surface area contributed by atoms with Crippen molar-refractivity contribution in [2.45, 2.75) is 12.7 Å². The number of rotatable bonds is 5. The van der Waals surface area contributed by atoms with Gasteiger partial charge in [0.1, 0.15) is 21.5 Å². The van der Waals surface area contributed by atoms with E-state index in [1.54, 1.807) is 24.3 Å². The van der Waals surface area contributed by atoms with E-state index in [9.17, 15) is 22.4 Å². The van der Waals surface area contributed by atoms with E-state index in [1.165, 1.54) is 31.4 Å². The SMILES string of the molecule is COc1cccc(-c2nc(C(F)(F)F)c(C(=O)NCc3cccc(F)c3)s2)c1. The molecule has 0 aliphatic heterocycles. The third kappa shape index (κ3) is 4.48. The summed E-state index contributed by atoms with van der Waals surface area (Å²) in [5.74, 6) is -0.970. The molecule has 146 valence electrons. The topological polar surface area (TPSA) is 51.2 Å². The molecule has 0 unspecified atom stereocenters. The number of methoxy groups -OCH3 is 1. The molecule has 9 heteroatoms. The first-order chi connectivity index (χ1) is 13.3. The molecule has 0 spiro atoms. The van der Waals surface area contributed by atoms with Crippen molar-refractivity contribution in [2.75, 3.05) is 7.11 Å². The summed E-state index contributed by atoms with van der Waals surface area (Å²) in [5, 5.41) is 2.43. The zero-order chi connectivity index (χ0) is 20.3. The third-order valence-electron chi connectivity index (χ3n) is 3.76. The van der Waals surface area contributed by atoms with Crippen molar-refractivity contribution in [1.82, 2.24) is 10.3 Å². The molecule has 0 bridgehead atoms. The number of alkyl halides is 3. The van der Waals surface area contributed by atoms with Gasteiger partial charge in [0.25, 0.3) is 5.91 Å². The van der Waals surface area contributed by atoms with Gasteiger partial charge in [-0.2, -0.15) is 13.2 Å². The Labute approximate surface area is 161 Å². The number of carbonyl (C=O) groups is 1. The summed E-state index contributed by atoms with van der Waals surface area (Å²) in [6, 6.07) is 11.8. The molecule has 4 nitrogen and oxygen atoms in total. The maximum atomic E-state index is 13.4. The fourth-order valence-corrected chi connectivity index (χ4v) is 3.45. The van der Waals surface area contributed by atoms with Gasteiger partial charge in [0.05, 0.1) is 7.11 Å². The van der Waals surface area contributed by atoms with Crippen LogP contribution in [-0.4, -0.2) is 18.0 Å². The average molecular weight is 410 g/mol. The lowest BCUT2D eigenvalue weighted by molar-refractivity contribution is -0.141. The summed E-state index contributed by atoms with van der Waals surface area (Å²) in [4.78, 5) is 15.5. The van der Waals surface area contributed by atoms with Crippen molar-refractivity contribution in [3.05, 3.63) is 70.5 Å². The molecule has 1 N–H and O–H groups in total. The minimum absolute atomic E-state index is 0.0436. The average Bonchev–Trinajstić information content (AvgIpc) is 3.12. The van der Waals surface area contributed by atoms with Gasteiger partial charge in [0.2, 0.25) is 0 Å². The number of benzene rings is 2. The lowest BCUT2D eigenvalue weighted by Crippen LogP contribution is -2.24. The molecule has 3 rings (SSSR count). The predicted octanol–water partition coefficient (Wildman–Crippen LogP) is 4.91. The van der Waals surface area contributed by atoms with E-state index in [-0.39, 0.29) is 11.6 Å². The smallest absolute Gasteiger partial charge is 0.435 e. The monoisotopic (exact) mass is 410 g/mol. The van der Waals surface area contributed by atoms with Crippen LogP contribution in [0.3, 0.4) is 0 Å². The molecule has 2 aromatic carbocycles. The Morgan fingerprint density at radius 3 is 2.61 bits per heavy atom. The Kier molecular flexibility index (Phi) is 5.64. The van der Waals surface area contributed by atoms with Gasteiger partial charge in [0.15, 0.2) is 5.69 Å². The number of hydrogen-bond acceptors (Lipinski definition) is 4. The largest absolute Gasteiger partial charge is 0.497 e. The van der Waals surface area contributed by atoms with Crippen molar-refractivity contribution < 1.29 is 27.1 Å². The third-order valence-corrected chi connectivity index (χ3v) is 4.86. The van der Waals surface area contributed by atoms with Gasteiger partial charge in [-0.25, -0.2) is 9.37 Å². The molecule has 0 aliphatic rings. The summed E-state index contributed by atoms with van der Waals surface area (Å²) in [6.45, 7) is -0.111. The number of halogens is 4. The van der Waals surface area contributed by atoms with E-state index < -0.39 is 28.5 Å². The van der Waals surface area contributed by atoms with Gasteiger partial charge in [-0.1, -0.05) is 24.3 Å². The van der Waals surface area contributed by atoms with Crippen LogP contribution in [0, 0.1) is 5.82 Å². The van der Waals surface area contributed by atoms with Crippen LogP contribution >= 0.6 is 11.3 Å². The molecule has 0 aliphatic carbocycles. The number of aromatic nitrogens is 1. The summed E-state index contributed by atoms with van der Waals surface area (Å²) < 4.78 is 58.4. The number of nitrogens with one attached hydrogen (secondary N) is 1. The summed E-state index contributed by atoms with van der Waals surface area (Å²) in [7, 11) is 1.44. The van der Waals surface area contributed by atoms with Crippen molar-refractivity contribution in [1.29, 1.82) is 0 Å². The number of thiazole rings is 1. The van der Waals surface area contributed by atoms with Crippen molar-refractivity contribution in [3.8, 4) is 16.3 Å². The van der Waals surface area contributed by atoms with Crippen molar-refractivity contribution >= 4 is 17.2 Å². The van der Waals surface area contributed by atoms with Gasteiger partial charge < -0.3 is 10.1 Å². The first-order valence-corrected chi connectivity index (χ1v) is 8.84. The van der Waals surface area contributed by atoms with Gasteiger partial charge >= 0.3 is 6.18 Å². The van der Waals surface area contributed by atoms with Crippen molar-refractivity contribution in [3.63, 3.8) is 0 Å². The summed E-state index contributed by atoms with van der Waals surface area (Å²) in [6.07, 6.45) is -4.79. The number of hydrogen-bond donors (Lipinski definition) is 1. The van der Waals surface area contributed by atoms with Crippen LogP contribution in [0.2, 0.25) is 0 Å². The molecule has 1 heterocycles. The summed E-state index contributed by atoms with van der Waals surface area (Å²) >= 11 is 0.632. The predicted molar refractivity (Wildman–Crippen MR) is 96.7 cm³/mol. The van der Waals surface area contributed by atoms with Crippen molar-refractivity contribution in [2.24, 2.45) is 0 Å². The minimum atomic E-state index is -4.79. The van der Waals surface area contributed by atoms with E-state index in [2.05, 4.69) is 10.3 Å². The van der Waals surface area contributed by atoms with E-state index in [0.717, 1.165) is 0 Å². The molecule has 1 aromatic heterocycles. The molecule has 0 saturated carbocycles. The molecule has 3 aromatic rings.